The van der Waals surface area contributed by atoms with E-state index < -0.39 is 0 Å². The van der Waals surface area contributed by atoms with Crippen LogP contribution < -0.4 is 0 Å². The molecule has 17 heavy (non-hydrogen) atoms. The number of rotatable bonds is 3. The van der Waals surface area contributed by atoms with Crippen LogP contribution in [0.25, 0.3) is 6.08 Å². The maximum Gasteiger partial charge on any atom is 0.0713 e. The quantitative estimate of drug-likeness (QED) is 0.868. The van der Waals surface area contributed by atoms with Gasteiger partial charge in [0.1, 0.15) is 0 Å². The number of fused-ring (bicyclic) bond motifs is 1. The Labute approximate surface area is 103 Å². The number of methoxy groups -OCH3 is 1. The minimum absolute atomic E-state index is 0.690. The van der Waals surface area contributed by atoms with Gasteiger partial charge in [0.05, 0.1) is 6.61 Å². The standard InChI is InChI=1S/C14H16O.CH4O/c1-10(2)13-7-12-5-4-11(9-15-3)6-14(12)8-13;1-2/h4-7H,1,8-9H2,2-3H3;2H,1H3. The summed E-state index contributed by atoms with van der Waals surface area (Å²) in [5.41, 5.74) is 6.47. The average Bonchev–Trinajstić information content (AvgIpc) is 2.75. The number of ether oxygens (including phenoxy) is 1. The molecule has 0 amide bonds. The van der Waals surface area contributed by atoms with Crippen molar-refractivity contribution in [3.63, 3.8) is 0 Å². The van der Waals surface area contributed by atoms with Crippen molar-refractivity contribution in [3.8, 4) is 0 Å². The molecule has 0 spiro atoms. The molecule has 92 valence electrons. The lowest BCUT2D eigenvalue weighted by Crippen LogP contribution is -1.91. The number of aliphatic hydroxyl groups excluding tert-OH is 1. The van der Waals surface area contributed by atoms with Crippen LogP contribution in [0.3, 0.4) is 0 Å². The first kappa shape index (κ1) is 13.7. The van der Waals surface area contributed by atoms with Crippen molar-refractivity contribution in [2.24, 2.45) is 0 Å². The van der Waals surface area contributed by atoms with E-state index in [4.69, 9.17) is 9.84 Å². The summed E-state index contributed by atoms with van der Waals surface area (Å²) in [5.74, 6) is 0. The average molecular weight is 232 g/mol. The van der Waals surface area contributed by atoms with Crippen LogP contribution in [0.15, 0.2) is 35.9 Å². The molecule has 2 rings (SSSR count). The predicted molar refractivity (Wildman–Crippen MR) is 71.8 cm³/mol. The minimum atomic E-state index is 0.690. The Kier molecular flexibility index (Phi) is 5.13. The van der Waals surface area contributed by atoms with Crippen molar-refractivity contribution in [1.29, 1.82) is 0 Å². The molecular weight excluding hydrogens is 212 g/mol. The molecule has 0 saturated carbocycles. The molecule has 1 aliphatic rings. The number of hydrogen-bond acceptors (Lipinski definition) is 2. The summed E-state index contributed by atoms with van der Waals surface area (Å²) < 4.78 is 5.13. The Hall–Kier alpha value is -1.38. The maximum atomic E-state index is 7.00. The van der Waals surface area contributed by atoms with E-state index in [1.54, 1.807) is 7.11 Å². The lowest BCUT2D eigenvalue weighted by atomic mass is 10.0. The van der Waals surface area contributed by atoms with Crippen molar-refractivity contribution in [2.45, 2.75) is 20.0 Å². The zero-order valence-corrected chi connectivity index (χ0v) is 10.8. The molecule has 1 aromatic rings. The van der Waals surface area contributed by atoms with Gasteiger partial charge in [-0.25, -0.2) is 0 Å². The van der Waals surface area contributed by atoms with Gasteiger partial charge in [0.2, 0.25) is 0 Å². The Morgan fingerprint density at radius 2 is 2.12 bits per heavy atom. The molecular formula is C15H20O2. The molecule has 0 saturated heterocycles. The monoisotopic (exact) mass is 232 g/mol. The Morgan fingerprint density at radius 3 is 2.71 bits per heavy atom. The third-order valence-corrected chi connectivity index (χ3v) is 2.78. The molecule has 1 aliphatic carbocycles. The molecule has 0 unspecified atom stereocenters. The van der Waals surface area contributed by atoms with Gasteiger partial charge >= 0.3 is 0 Å². The van der Waals surface area contributed by atoms with Crippen molar-refractivity contribution >= 4 is 6.08 Å². The normalized spacial score (nSPS) is 12.4. The molecule has 2 heteroatoms. The Morgan fingerprint density at radius 1 is 1.41 bits per heavy atom. The van der Waals surface area contributed by atoms with Crippen molar-refractivity contribution in [2.75, 3.05) is 14.2 Å². The van der Waals surface area contributed by atoms with Gasteiger partial charge in [0.15, 0.2) is 0 Å². The topological polar surface area (TPSA) is 29.5 Å². The fraction of sp³-hybridized carbons (Fsp3) is 0.333. The summed E-state index contributed by atoms with van der Waals surface area (Å²) in [6, 6.07) is 6.52. The minimum Gasteiger partial charge on any atom is -0.400 e. The summed E-state index contributed by atoms with van der Waals surface area (Å²) in [4.78, 5) is 0. The molecule has 0 aliphatic heterocycles. The van der Waals surface area contributed by atoms with Gasteiger partial charge in [0.25, 0.3) is 0 Å². The van der Waals surface area contributed by atoms with E-state index in [-0.39, 0.29) is 0 Å². The van der Waals surface area contributed by atoms with E-state index in [0.717, 1.165) is 13.5 Å². The molecule has 1 N–H and O–H groups in total. The van der Waals surface area contributed by atoms with Crippen LogP contribution in [-0.2, 0) is 17.8 Å². The van der Waals surface area contributed by atoms with Gasteiger partial charge in [0, 0.05) is 14.2 Å². The smallest absolute Gasteiger partial charge is 0.0713 e. The van der Waals surface area contributed by atoms with Crippen molar-refractivity contribution < 1.29 is 9.84 Å². The Bertz CT molecular complexity index is 431. The van der Waals surface area contributed by atoms with Gasteiger partial charge in [-0.05, 0) is 35.6 Å². The number of hydrogen-bond donors (Lipinski definition) is 1. The highest BCUT2D eigenvalue weighted by molar-refractivity contribution is 5.68. The van der Waals surface area contributed by atoms with Gasteiger partial charge in [-0.1, -0.05) is 36.4 Å². The van der Waals surface area contributed by atoms with Gasteiger partial charge < -0.3 is 9.84 Å². The first-order valence-electron chi connectivity index (χ1n) is 5.62. The lowest BCUT2D eigenvalue weighted by molar-refractivity contribution is 0.185. The fourth-order valence-electron chi connectivity index (χ4n) is 1.93. The largest absolute Gasteiger partial charge is 0.400 e. The molecule has 0 radical (unpaired) electrons. The second kappa shape index (κ2) is 6.38. The summed E-state index contributed by atoms with van der Waals surface area (Å²) in [6.45, 7) is 6.74. The SMILES string of the molecule is C=C(C)C1=Cc2ccc(COC)cc2C1.CO. The lowest BCUT2D eigenvalue weighted by Gasteiger charge is -2.03. The molecule has 0 heterocycles. The van der Waals surface area contributed by atoms with Crippen LogP contribution >= 0.6 is 0 Å². The summed E-state index contributed by atoms with van der Waals surface area (Å²) in [7, 11) is 2.73. The van der Waals surface area contributed by atoms with Crippen LogP contribution in [0.4, 0.5) is 0 Å². The van der Waals surface area contributed by atoms with Crippen LogP contribution in [-0.4, -0.2) is 19.3 Å². The predicted octanol–water partition coefficient (Wildman–Crippen LogP) is 2.96. The van der Waals surface area contributed by atoms with Crippen molar-refractivity contribution in [3.05, 3.63) is 52.6 Å². The molecule has 0 bridgehead atoms. The van der Waals surface area contributed by atoms with Crippen molar-refractivity contribution in [1.82, 2.24) is 0 Å². The highest BCUT2D eigenvalue weighted by atomic mass is 16.5. The second-order valence-electron chi connectivity index (χ2n) is 4.09. The first-order chi connectivity index (χ1) is 8.20. The summed E-state index contributed by atoms with van der Waals surface area (Å²) >= 11 is 0. The van der Waals surface area contributed by atoms with Crippen LogP contribution in [0.2, 0.25) is 0 Å². The zero-order chi connectivity index (χ0) is 12.8. The maximum absolute atomic E-state index is 7.00. The van der Waals surface area contributed by atoms with E-state index >= 15 is 0 Å². The van der Waals surface area contributed by atoms with Crippen LogP contribution in [0.1, 0.15) is 23.6 Å². The molecule has 0 atom stereocenters. The fourth-order valence-corrected chi connectivity index (χ4v) is 1.93. The molecule has 0 aromatic heterocycles. The zero-order valence-electron chi connectivity index (χ0n) is 10.8. The summed E-state index contributed by atoms with van der Waals surface area (Å²) in [6.07, 6.45) is 3.25. The molecule has 0 fully saturated rings. The number of aliphatic hydroxyl groups is 1. The highest BCUT2D eigenvalue weighted by Crippen LogP contribution is 2.29. The van der Waals surface area contributed by atoms with Gasteiger partial charge in [-0.15, -0.1) is 0 Å². The van der Waals surface area contributed by atoms with E-state index in [1.807, 2.05) is 0 Å². The highest BCUT2D eigenvalue weighted by Gasteiger charge is 2.13. The van der Waals surface area contributed by atoms with E-state index in [2.05, 4.69) is 37.8 Å². The van der Waals surface area contributed by atoms with Gasteiger partial charge in [-0.2, -0.15) is 0 Å². The van der Waals surface area contributed by atoms with Crippen LogP contribution in [0, 0.1) is 0 Å². The Balaban J connectivity index is 0.000000686. The third kappa shape index (κ3) is 3.29. The molecule has 2 nitrogen and oxygen atoms in total. The first-order valence-corrected chi connectivity index (χ1v) is 5.62. The second-order valence-corrected chi connectivity index (χ2v) is 4.09. The van der Waals surface area contributed by atoms with E-state index in [1.165, 1.54) is 27.8 Å². The third-order valence-electron chi connectivity index (χ3n) is 2.78. The number of allylic oxidation sites excluding steroid dienone is 2. The van der Waals surface area contributed by atoms with Gasteiger partial charge in [-0.3, -0.25) is 0 Å². The van der Waals surface area contributed by atoms with E-state index in [9.17, 15) is 0 Å². The van der Waals surface area contributed by atoms with Crippen LogP contribution in [0.5, 0.6) is 0 Å². The summed E-state index contributed by atoms with van der Waals surface area (Å²) in [5, 5.41) is 7.00. The number of benzene rings is 1. The van der Waals surface area contributed by atoms with E-state index in [0.29, 0.717) is 6.61 Å². The molecule has 1 aromatic carbocycles.